The Balaban J connectivity index is 2.41. The smallest absolute Gasteiger partial charge is 0.0495 e. The predicted octanol–water partition coefficient (Wildman–Crippen LogP) is 2.71. The fourth-order valence-electron chi connectivity index (χ4n) is 2.27. The summed E-state index contributed by atoms with van der Waals surface area (Å²) in [7, 11) is 1.81. The fourth-order valence-corrected chi connectivity index (χ4v) is 2.27. The standard InChI is InChI=1S/C10H20O/c1-8-5-4-6-9(2)10(8)7-11-3/h8-10H,4-7H2,1-3H3/t8-,9+,10?. The zero-order valence-electron chi connectivity index (χ0n) is 7.97. The molecule has 11 heavy (non-hydrogen) atoms. The SMILES string of the molecule is COCC1[C@H](C)CCC[C@@H]1C. The fraction of sp³-hybridized carbons (Fsp3) is 1.00. The Morgan fingerprint density at radius 1 is 1.18 bits per heavy atom. The van der Waals surface area contributed by atoms with E-state index in [1.54, 1.807) is 0 Å². The first-order chi connectivity index (χ1) is 5.25. The molecule has 0 saturated heterocycles. The summed E-state index contributed by atoms with van der Waals surface area (Å²) >= 11 is 0. The average Bonchev–Trinajstić information content (AvgIpc) is 1.97. The maximum Gasteiger partial charge on any atom is 0.0495 e. The van der Waals surface area contributed by atoms with E-state index in [-0.39, 0.29) is 0 Å². The van der Waals surface area contributed by atoms with Crippen LogP contribution in [0, 0.1) is 17.8 Å². The number of methoxy groups -OCH3 is 1. The van der Waals surface area contributed by atoms with Gasteiger partial charge in [0.15, 0.2) is 0 Å². The molecule has 0 aromatic heterocycles. The molecule has 66 valence electrons. The first-order valence-corrected chi connectivity index (χ1v) is 4.74. The molecule has 0 amide bonds. The van der Waals surface area contributed by atoms with E-state index in [0.717, 1.165) is 24.4 Å². The molecule has 3 atom stereocenters. The van der Waals surface area contributed by atoms with Crippen molar-refractivity contribution in [3.05, 3.63) is 0 Å². The van der Waals surface area contributed by atoms with Crippen LogP contribution in [0.1, 0.15) is 33.1 Å². The molecule has 1 aliphatic rings. The highest BCUT2D eigenvalue weighted by Crippen LogP contribution is 2.34. The van der Waals surface area contributed by atoms with Crippen LogP contribution in [-0.2, 0) is 4.74 Å². The summed E-state index contributed by atoms with van der Waals surface area (Å²) < 4.78 is 5.22. The first-order valence-electron chi connectivity index (χ1n) is 4.74. The summed E-state index contributed by atoms with van der Waals surface area (Å²) in [5.74, 6) is 2.56. The van der Waals surface area contributed by atoms with E-state index >= 15 is 0 Å². The van der Waals surface area contributed by atoms with E-state index in [0.29, 0.717) is 0 Å². The summed E-state index contributed by atoms with van der Waals surface area (Å²) in [6.45, 7) is 5.68. The van der Waals surface area contributed by atoms with Gasteiger partial charge in [0.2, 0.25) is 0 Å². The highest BCUT2D eigenvalue weighted by molar-refractivity contribution is 4.76. The van der Waals surface area contributed by atoms with Gasteiger partial charge in [-0.1, -0.05) is 33.1 Å². The van der Waals surface area contributed by atoms with E-state index < -0.39 is 0 Å². The number of ether oxygens (including phenoxy) is 1. The van der Waals surface area contributed by atoms with Crippen molar-refractivity contribution in [3.8, 4) is 0 Å². The Kier molecular flexibility index (Phi) is 3.38. The van der Waals surface area contributed by atoms with Crippen molar-refractivity contribution in [2.24, 2.45) is 17.8 Å². The van der Waals surface area contributed by atoms with E-state index in [1.807, 2.05) is 7.11 Å². The monoisotopic (exact) mass is 156 g/mol. The summed E-state index contributed by atoms with van der Waals surface area (Å²) in [5, 5.41) is 0. The normalized spacial score (nSPS) is 39.0. The van der Waals surface area contributed by atoms with Crippen molar-refractivity contribution >= 4 is 0 Å². The number of hydrogen-bond acceptors (Lipinski definition) is 1. The molecule has 1 unspecified atom stereocenters. The molecule has 0 aliphatic heterocycles. The van der Waals surface area contributed by atoms with Gasteiger partial charge in [0, 0.05) is 13.7 Å². The molecule has 0 spiro atoms. The van der Waals surface area contributed by atoms with Crippen molar-refractivity contribution < 1.29 is 4.74 Å². The zero-order valence-corrected chi connectivity index (χ0v) is 7.97. The number of rotatable bonds is 2. The zero-order chi connectivity index (χ0) is 8.27. The molecule has 1 nitrogen and oxygen atoms in total. The lowest BCUT2D eigenvalue weighted by Gasteiger charge is -2.33. The second-order valence-corrected chi connectivity index (χ2v) is 4.00. The van der Waals surface area contributed by atoms with Crippen molar-refractivity contribution in [1.29, 1.82) is 0 Å². The summed E-state index contributed by atoms with van der Waals surface area (Å²) in [4.78, 5) is 0. The third-order valence-corrected chi connectivity index (χ3v) is 3.14. The summed E-state index contributed by atoms with van der Waals surface area (Å²) in [5.41, 5.74) is 0. The van der Waals surface area contributed by atoms with Gasteiger partial charge in [0.05, 0.1) is 0 Å². The largest absolute Gasteiger partial charge is 0.384 e. The second kappa shape index (κ2) is 4.10. The Hall–Kier alpha value is -0.0400. The van der Waals surface area contributed by atoms with Crippen molar-refractivity contribution in [3.63, 3.8) is 0 Å². The van der Waals surface area contributed by atoms with E-state index in [2.05, 4.69) is 13.8 Å². The van der Waals surface area contributed by atoms with E-state index in [4.69, 9.17) is 4.74 Å². The van der Waals surface area contributed by atoms with Gasteiger partial charge in [-0.3, -0.25) is 0 Å². The Morgan fingerprint density at radius 3 is 2.18 bits per heavy atom. The van der Waals surface area contributed by atoms with Crippen LogP contribution in [0.3, 0.4) is 0 Å². The molecule has 1 rings (SSSR count). The molecule has 1 saturated carbocycles. The summed E-state index contributed by atoms with van der Waals surface area (Å²) in [6.07, 6.45) is 4.22. The topological polar surface area (TPSA) is 9.23 Å². The Bertz CT molecular complexity index is 101. The lowest BCUT2D eigenvalue weighted by atomic mass is 9.74. The molecule has 0 N–H and O–H groups in total. The molecule has 1 aliphatic carbocycles. The van der Waals surface area contributed by atoms with Crippen LogP contribution >= 0.6 is 0 Å². The highest BCUT2D eigenvalue weighted by atomic mass is 16.5. The van der Waals surface area contributed by atoms with Gasteiger partial charge in [-0.05, 0) is 17.8 Å². The van der Waals surface area contributed by atoms with Crippen LogP contribution in [0.4, 0.5) is 0 Å². The molecule has 1 heteroatoms. The molecule has 0 bridgehead atoms. The first kappa shape index (κ1) is 9.05. The highest BCUT2D eigenvalue weighted by Gasteiger charge is 2.27. The van der Waals surface area contributed by atoms with Crippen LogP contribution in [-0.4, -0.2) is 13.7 Å². The van der Waals surface area contributed by atoms with Crippen LogP contribution in [0.2, 0.25) is 0 Å². The van der Waals surface area contributed by atoms with Crippen molar-refractivity contribution in [2.75, 3.05) is 13.7 Å². The molecular weight excluding hydrogens is 136 g/mol. The Morgan fingerprint density at radius 2 is 1.73 bits per heavy atom. The quantitative estimate of drug-likeness (QED) is 0.597. The van der Waals surface area contributed by atoms with Crippen LogP contribution < -0.4 is 0 Å². The van der Waals surface area contributed by atoms with E-state index in [1.165, 1.54) is 19.3 Å². The van der Waals surface area contributed by atoms with Gasteiger partial charge in [0.1, 0.15) is 0 Å². The molecule has 0 heterocycles. The molecular formula is C10H20O. The van der Waals surface area contributed by atoms with Crippen LogP contribution in [0.15, 0.2) is 0 Å². The lowest BCUT2D eigenvalue weighted by molar-refractivity contribution is 0.0663. The van der Waals surface area contributed by atoms with Crippen LogP contribution in [0.5, 0.6) is 0 Å². The van der Waals surface area contributed by atoms with Gasteiger partial charge in [-0.15, -0.1) is 0 Å². The lowest BCUT2D eigenvalue weighted by Crippen LogP contribution is -2.28. The number of hydrogen-bond donors (Lipinski definition) is 0. The minimum absolute atomic E-state index is 0.814. The minimum atomic E-state index is 0.814. The van der Waals surface area contributed by atoms with Gasteiger partial charge in [-0.25, -0.2) is 0 Å². The van der Waals surface area contributed by atoms with E-state index in [9.17, 15) is 0 Å². The van der Waals surface area contributed by atoms with Gasteiger partial charge >= 0.3 is 0 Å². The molecule has 0 aromatic carbocycles. The van der Waals surface area contributed by atoms with Crippen molar-refractivity contribution in [2.45, 2.75) is 33.1 Å². The molecule has 0 radical (unpaired) electrons. The third-order valence-electron chi connectivity index (χ3n) is 3.14. The Labute approximate surface area is 70.1 Å². The van der Waals surface area contributed by atoms with Gasteiger partial charge < -0.3 is 4.74 Å². The third kappa shape index (κ3) is 2.19. The maximum atomic E-state index is 5.22. The van der Waals surface area contributed by atoms with Crippen molar-refractivity contribution in [1.82, 2.24) is 0 Å². The van der Waals surface area contributed by atoms with Gasteiger partial charge in [-0.2, -0.15) is 0 Å². The average molecular weight is 156 g/mol. The molecule has 0 aromatic rings. The molecule has 1 fully saturated rings. The second-order valence-electron chi connectivity index (χ2n) is 4.00. The minimum Gasteiger partial charge on any atom is -0.384 e. The van der Waals surface area contributed by atoms with Crippen LogP contribution in [0.25, 0.3) is 0 Å². The van der Waals surface area contributed by atoms with Gasteiger partial charge in [0.25, 0.3) is 0 Å². The summed E-state index contributed by atoms with van der Waals surface area (Å²) in [6, 6.07) is 0. The maximum absolute atomic E-state index is 5.22. The predicted molar refractivity (Wildman–Crippen MR) is 47.5 cm³/mol.